The number of rotatable bonds is 2. The van der Waals surface area contributed by atoms with Crippen LogP contribution in [0.1, 0.15) is 32.1 Å². The molecule has 0 aromatic heterocycles. The molecule has 3 heteroatoms. The van der Waals surface area contributed by atoms with Gasteiger partial charge in [0.2, 0.25) is 0 Å². The van der Waals surface area contributed by atoms with Gasteiger partial charge in [-0.2, -0.15) is 0 Å². The Morgan fingerprint density at radius 1 is 1.07 bits per heavy atom. The number of halogens is 2. The van der Waals surface area contributed by atoms with Gasteiger partial charge in [-0.05, 0) is 59.8 Å². The molecule has 0 unspecified atom stereocenters. The summed E-state index contributed by atoms with van der Waals surface area (Å²) in [6.45, 7) is 0. The number of hydrogen-bond donors (Lipinski definition) is 0. The van der Waals surface area contributed by atoms with Crippen molar-refractivity contribution in [3.63, 3.8) is 0 Å². The lowest BCUT2D eigenvalue weighted by Gasteiger charge is -2.23. The molecule has 15 heavy (non-hydrogen) atoms. The van der Waals surface area contributed by atoms with Gasteiger partial charge >= 0.3 is 0 Å². The highest BCUT2D eigenvalue weighted by Crippen LogP contribution is 2.31. The van der Waals surface area contributed by atoms with Crippen molar-refractivity contribution in [1.29, 1.82) is 0 Å². The summed E-state index contributed by atoms with van der Waals surface area (Å²) in [6, 6.07) is 6.05. The molecule has 1 aromatic carbocycles. The van der Waals surface area contributed by atoms with E-state index in [4.69, 9.17) is 4.74 Å². The van der Waals surface area contributed by atoms with Crippen molar-refractivity contribution >= 4 is 31.9 Å². The summed E-state index contributed by atoms with van der Waals surface area (Å²) < 4.78 is 8.09. The van der Waals surface area contributed by atoms with E-state index in [1.54, 1.807) is 0 Å². The zero-order valence-corrected chi connectivity index (χ0v) is 11.7. The van der Waals surface area contributed by atoms with Gasteiger partial charge in [-0.25, -0.2) is 0 Å². The highest BCUT2D eigenvalue weighted by Gasteiger charge is 2.15. The molecular weight excluding hydrogens is 320 g/mol. The van der Waals surface area contributed by atoms with E-state index in [1.807, 2.05) is 18.2 Å². The first-order chi connectivity index (χ1) is 7.25. The van der Waals surface area contributed by atoms with Crippen molar-refractivity contribution < 1.29 is 4.74 Å². The summed E-state index contributed by atoms with van der Waals surface area (Å²) in [5.41, 5.74) is 0. The molecule has 1 fully saturated rings. The zero-order valence-electron chi connectivity index (χ0n) is 8.51. The van der Waals surface area contributed by atoms with Gasteiger partial charge in [0.25, 0.3) is 0 Å². The average molecular weight is 334 g/mol. The van der Waals surface area contributed by atoms with Crippen LogP contribution >= 0.6 is 31.9 Å². The molecule has 0 aliphatic heterocycles. The minimum Gasteiger partial charge on any atom is -0.489 e. The normalized spacial score (nSPS) is 17.7. The monoisotopic (exact) mass is 332 g/mol. The summed E-state index contributed by atoms with van der Waals surface area (Å²) in [5, 5.41) is 0. The van der Waals surface area contributed by atoms with Crippen molar-refractivity contribution in [1.82, 2.24) is 0 Å². The lowest BCUT2D eigenvalue weighted by atomic mass is 9.98. The van der Waals surface area contributed by atoms with Crippen LogP contribution in [0.2, 0.25) is 0 Å². The molecule has 0 bridgehead atoms. The van der Waals surface area contributed by atoms with Crippen LogP contribution < -0.4 is 4.74 Å². The van der Waals surface area contributed by atoms with Gasteiger partial charge < -0.3 is 4.74 Å². The zero-order chi connectivity index (χ0) is 10.7. The molecule has 1 aliphatic carbocycles. The maximum atomic E-state index is 5.99. The molecule has 0 N–H and O–H groups in total. The third-order valence-corrected chi connectivity index (χ3v) is 3.89. The summed E-state index contributed by atoms with van der Waals surface area (Å²) in [6.07, 6.45) is 6.76. The molecule has 0 saturated heterocycles. The third kappa shape index (κ3) is 3.22. The summed E-state index contributed by atoms with van der Waals surface area (Å²) >= 11 is 6.97. The highest BCUT2D eigenvalue weighted by atomic mass is 79.9. The molecule has 1 aromatic rings. The predicted octanol–water partition coefficient (Wildman–Crippen LogP) is 4.92. The standard InChI is InChI=1S/C12H14Br2O/c13-9-6-7-11(14)12(8-9)15-10-4-2-1-3-5-10/h6-8,10H,1-5H2. The Balaban J connectivity index is 2.05. The average Bonchev–Trinajstić information content (AvgIpc) is 2.25. The fraction of sp³-hybridized carbons (Fsp3) is 0.500. The quantitative estimate of drug-likeness (QED) is 0.746. The lowest BCUT2D eigenvalue weighted by molar-refractivity contribution is 0.154. The van der Waals surface area contributed by atoms with Crippen LogP contribution in [0.4, 0.5) is 0 Å². The second kappa shape index (κ2) is 5.35. The van der Waals surface area contributed by atoms with Crippen molar-refractivity contribution in [2.24, 2.45) is 0 Å². The molecule has 0 atom stereocenters. The third-order valence-electron chi connectivity index (χ3n) is 2.74. The smallest absolute Gasteiger partial charge is 0.135 e. The molecular formula is C12H14Br2O. The maximum absolute atomic E-state index is 5.99. The Bertz CT molecular complexity index is 332. The van der Waals surface area contributed by atoms with Gasteiger partial charge in [0.15, 0.2) is 0 Å². The van der Waals surface area contributed by atoms with Crippen LogP contribution in [0.3, 0.4) is 0 Å². The van der Waals surface area contributed by atoms with Crippen molar-refractivity contribution in [3.8, 4) is 5.75 Å². The largest absolute Gasteiger partial charge is 0.489 e. The molecule has 0 radical (unpaired) electrons. The van der Waals surface area contributed by atoms with Crippen LogP contribution in [-0.2, 0) is 0 Å². The Kier molecular flexibility index (Phi) is 4.09. The highest BCUT2D eigenvalue weighted by molar-refractivity contribution is 9.11. The molecule has 2 rings (SSSR count). The van der Waals surface area contributed by atoms with Crippen LogP contribution in [0.5, 0.6) is 5.75 Å². The van der Waals surface area contributed by atoms with Crippen molar-refractivity contribution in [2.45, 2.75) is 38.2 Å². The topological polar surface area (TPSA) is 9.23 Å². The van der Waals surface area contributed by atoms with E-state index in [-0.39, 0.29) is 0 Å². The molecule has 0 amide bonds. The Morgan fingerprint density at radius 2 is 1.80 bits per heavy atom. The predicted molar refractivity (Wildman–Crippen MR) is 69.3 cm³/mol. The lowest BCUT2D eigenvalue weighted by Crippen LogP contribution is -2.19. The van der Waals surface area contributed by atoms with Crippen LogP contribution in [0.15, 0.2) is 27.1 Å². The van der Waals surface area contributed by atoms with Crippen molar-refractivity contribution in [2.75, 3.05) is 0 Å². The van der Waals surface area contributed by atoms with Gasteiger partial charge in [-0.3, -0.25) is 0 Å². The summed E-state index contributed by atoms with van der Waals surface area (Å²) in [5.74, 6) is 0.955. The first-order valence-corrected chi connectivity index (χ1v) is 6.96. The molecule has 82 valence electrons. The number of hydrogen-bond acceptors (Lipinski definition) is 1. The van der Waals surface area contributed by atoms with Gasteiger partial charge in [0.1, 0.15) is 5.75 Å². The van der Waals surface area contributed by atoms with E-state index < -0.39 is 0 Å². The maximum Gasteiger partial charge on any atom is 0.135 e. The van der Waals surface area contributed by atoms with Crippen LogP contribution in [-0.4, -0.2) is 6.10 Å². The Hall–Kier alpha value is -0.0200. The first-order valence-electron chi connectivity index (χ1n) is 5.37. The Labute approximate surface area is 107 Å². The second-order valence-corrected chi connectivity index (χ2v) is 5.72. The fourth-order valence-corrected chi connectivity index (χ4v) is 2.61. The summed E-state index contributed by atoms with van der Waals surface area (Å²) in [4.78, 5) is 0. The molecule has 1 nitrogen and oxygen atoms in total. The Morgan fingerprint density at radius 3 is 2.53 bits per heavy atom. The van der Waals surface area contributed by atoms with E-state index in [9.17, 15) is 0 Å². The van der Waals surface area contributed by atoms with Crippen LogP contribution in [0, 0.1) is 0 Å². The van der Waals surface area contributed by atoms with E-state index in [0.717, 1.165) is 14.7 Å². The van der Waals surface area contributed by atoms with Gasteiger partial charge in [-0.15, -0.1) is 0 Å². The minimum absolute atomic E-state index is 0.407. The molecule has 1 saturated carbocycles. The van der Waals surface area contributed by atoms with Gasteiger partial charge in [0.05, 0.1) is 10.6 Å². The van der Waals surface area contributed by atoms with Gasteiger partial charge in [0, 0.05) is 4.47 Å². The second-order valence-electron chi connectivity index (χ2n) is 3.95. The number of ether oxygens (including phenoxy) is 1. The summed E-state index contributed by atoms with van der Waals surface area (Å²) in [7, 11) is 0. The van der Waals surface area contributed by atoms with E-state index in [1.165, 1.54) is 32.1 Å². The minimum atomic E-state index is 0.407. The van der Waals surface area contributed by atoms with Crippen molar-refractivity contribution in [3.05, 3.63) is 27.1 Å². The van der Waals surface area contributed by atoms with Gasteiger partial charge in [-0.1, -0.05) is 22.4 Å². The van der Waals surface area contributed by atoms with E-state index in [0.29, 0.717) is 6.10 Å². The fourth-order valence-electron chi connectivity index (χ4n) is 1.93. The SMILES string of the molecule is Brc1ccc(Br)c(OC2CCCCC2)c1. The molecule has 1 aliphatic rings. The number of benzene rings is 1. The van der Waals surface area contributed by atoms with E-state index >= 15 is 0 Å². The first kappa shape index (κ1) is 11.5. The molecule has 0 spiro atoms. The van der Waals surface area contributed by atoms with Crippen LogP contribution in [0.25, 0.3) is 0 Å². The molecule has 0 heterocycles. The van der Waals surface area contributed by atoms with E-state index in [2.05, 4.69) is 31.9 Å².